The third-order valence-corrected chi connectivity index (χ3v) is 12.1. The molecule has 2 N–H and O–H groups in total. The smallest absolute Gasteiger partial charge is 0.346 e. The molecule has 1 amide bonds. The highest BCUT2D eigenvalue weighted by Crippen LogP contribution is 2.60. The number of sulfonamides is 1. The topological polar surface area (TPSA) is 137 Å². The van der Waals surface area contributed by atoms with Gasteiger partial charge in [0.15, 0.2) is 21.5 Å². The van der Waals surface area contributed by atoms with Crippen LogP contribution in [0.4, 0.5) is 36.6 Å². The summed E-state index contributed by atoms with van der Waals surface area (Å²) in [6.45, 7) is -1.07. The Kier molecular flexibility index (Phi) is 8.99. The number of nitrogens with zero attached hydrogens (tertiary/aromatic N) is 6. The molecule has 0 unspecified atom stereocenters. The van der Waals surface area contributed by atoms with E-state index < -0.39 is 81.0 Å². The maximum Gasteiger partial charge on any atom is 0.435 e. The molecule has 0 bridgehead atoms. The number of anilines is 1. The number of carbonyl (C=O) groups excluding carboxylic acids is 1. The second-order valence-corrected chi connectivity index (χ2v) is 17.2. The highest BCUT2D eigenvalue weighted by Gasteiger charge is 2.61. The Labute approximate surface area is 321 Å². The van der Waals surface area contributed by atoms with Gasteiger partial charge in [-0.1, -0.05) is 36.0 Å². The van der Waals surface area contributed by atoms with Crippen molar-refractivity contribution in [3.63, 3.8) is 0 Å². The molecule has 4 heterocycles. The molecule has 2 aliphatic rings. The van der Waals surface area contributed by atoms with E-state index in [1.54, 1.807) is 37.6 Å². The summed E-state index contributed by atoms with van der Waals surface area (Å²) in [6.07, 6.45) is -0.292. The number of alkyl halides is 5. The third-order valence-electron chi connectivity index (χ3n) is 9.56. The van der Waals surface area contributed by atoms with Gasteiger partial charge >= 0.3 is 6.18 Å². The van der Waals surface area contributed by atoms with Crippen molar-refractivity contribution in [1.82, 2.24) is 34.8 Å². The monoisotopic (exact) mass is 836 g/mol. The zero-order valence-corrected chi connectivity index (χ0v) is 31.6. The molecule has 0 radical (unpaired) electrons. The predicted octanol–water partition coefficient (Wildman–Crippen LogP) is 7.31. The van der Waals surface area contributed by atoms with E-state index in [-0.39, 0.29) is 29.1 Å². The summed E-state index contributed by atoms with van der Waals surface area (Å²) in [7, 11) is -2.18. The van der Waals surface area contributed by atoms with Gasteiger partial charge in [-0.25, -0.2) is 27.2 Å². The summed E-state index contributed by atoms with van der Waals surface area (Å²) in [5.74, 6) is -9.39. The molecule has 8 rings (SSSR count). The molecular formula is C35H27F7N8O3S3. The van der Waals surface area contributed by atoms with E-state index >= 15 is 8.78 Å². The number of allylic oxidation sites excluding steroid dienone is 2. The quantitative estimate of drug-likeness (QED) is 0.0834. The number of aryl methyl sites for hydroxylation is 1. The van der Waals surface area contributed by atoms with E-state index in [2.05, 4.69) is 25.2 Å². The standard InChI is InChI=1S/C35H27F7N8O3S3/c1-49-28-18(5-4-6-20(28)31(47-49)48-56(3,52)53)21-13-24-32(45-33(54-2)55-24)44-27(21)23(11-15-9-16(36)12-17(37)10-15)43-25(51)14-50-30-26(29(46-50)35(40,41)42)19-7-8-22(19)34(30,38)39/h4-10,12-13,19,22-23H,11,14H2,1-3H3,(H,43,51)(H,47,48)/t19-,22+,23-/m0/s1. The number of pyridine rings is 1. The minimum Gasteiger partial charge on any atom is -0.346 e. The van der Waals surface area contributed by atoms with Gasteiger partial charge in [0.05, 0.1) is 34.1 Å². The van der Waals surface area contributed by atoms with E-state index in [9.17, 15) is 35.2 Å². The van der Waals surface area contributed by atoms with Crippen LogP contribution in [-0.4, -0.2) is 56.4 Å². The lowest BCUT2D eigenvalue weighted by atomic mass is 9.81. The molecule has 6 aromatic rings. The van der Waals surface area contributed by atoms with Crippen LogP contribution in [0, 0.1) is 17.6 Å². The number of nitrogens with one attached hydrogen (secondary N) is 2. The molecule has 2 aromatic carbocycles. The van der Waals surface area contributed by atoms with Crippen molar-refractivity contribution in [2.24, 2.45) is 13.0 Å². The van der Waals surface area contributed by atoms with Gasteiger partial charge in [-0.05, 0) is 42.5 Å². The number of thioether (sulfide) groups is 1. The Bertz CT molecular complexity index is 2720. The number of fused-ring (bicyclic) bond motifs is 5. The molecule has 0 fully saturated rings. The first kappa shape index (κ1) is 37.9. The van der Waals surface area contributed by atoms with Crippen molar-refractivity contribution in [2.75, 3.05) is 17.2 Å². The van der Waals surface area contributed by atoms with Crippen LogP contribution in [0.25, 0.3) is 32.4 Å². The lowest BCUT2D eigenvalue weighted by molar-refractivity contribution is -0.142. The number of benzene rings is 2. The van der Waals surface area contributed by atoms with E-state index in [0.717, 1.165) is 24.5 Å². The lowest BCUT2D eigenvalue weighted by Gasteiger charge is -2.27. The summed E-state index contributed by atoms with van der Waals surface area (Å²) in [6, 6.07) is 8.08. The average molecular weight is 837 g/mol. The van der Waals surface area contributed by atoms with Gasteiger partial charge in [-0.15, -0.1) is 11.3 Å². The summed E-state index contributed by atoms with van der Waals surface area (Å²) in [5, 5.41) is 10.9. The first-order valence-corrected chi connectivity index (χ1v) is 20.5. The molecule has 11 nitrogen and oxygen atoms in total. The molecular weight excluding hydrogens is 810 g/mol. The molecule has 2 aliphatic carbocycles. The number of carbonyl (C=O) groups is 1. The third kappa shape index (κ3) is 6.57. The van der Waals surface area contributed by atoms with E-state index in [1.807, 2.05) is 0 Å². The number of amides is 1. The lowest BCUT2D eigenvalue weighted by Crippen LogP contribution is -2.36. The van der Waals surface area contributed by atoms with Crippen molar-refractivity contribution in [1.29, 1.82) is 0 Å². The molecule has 21 heteroatoms. The normalized spacial score (nSPS) is 17.9. The van der Waals surface area contributed by atoms with Gasteiger partial charge in [-0.3, -0.25) is 18.9 Å². The van der Waals surface area contributed by atoms with Gasteiger partial charge in [0.1, 0.15) is 23.9 Å². The Morgan fingerprint density at radius 3 is 2.43 bits per heavy atom. The number of hydrogen-bond donors (Lipinski definition) is 2. The molecule has 0 aliphatic heterocycles. The molecule has 3 atom stereocenters. The second-order valence-electron chi connectivity index (χ2n) is 13.4. The van der Waals surface area contributed by atoms with Gasteiger partial charge < -0.3 is 5.32 Å². The maximum absolute atomic E-state index is 15.6. The number of thiazole rings is 1. The molecule has 0 spiro atoms. The number of para-hydroxylation sites is 1. The van der Waals surface area contributed by atoms with Crippen LogP contribution in [0.1, 0.15) is 40.2 Å². The van der Waals surface area contributed by atoms with Gasteiger partial charge in [-0.2, -0.15) is 32.1 Å². The fraction of sp³-hybridized carbons (Fsp3) is 0.286. The van der Waals surface area contributed by atoms with Gasteiger partial charge in [0.2, 0.25) is 15.9 Å². The summed E-state index contributed by atoms with van der Waals surface area (Å²) in [5.41, 5.74) is -1.62. The van der Waals surface area contributed by atoms with Crippen LogP contribution in [-0.2, 0) is 46.9 Å². The van der Waals surface area contributed by atoms with Crippen LogP contribution in [0.15, 0.2) is 59.0 Å². The van der Waals surface area contributed by atoms with Crippen LogP contribution in [0.3, 0.4) is 0 Å². The Balaban J connectivity index is 1.28. The van der Waals surface area contributed by atoms with Crippen LogP contribution >= 0.6 is 23.1 Å². The first-order valence-electron chi connectivity index (χ1n) is 16.6. The molecule has 56 heavy (non-hydrogen) atoms. The second kappa shape index (κ2) is 13.3. The minimum absolute atomic E-state index is 0.0235. The Morgan fingerprint density at radius 2 is 1.79 bits per heavy atom. The largest absolute Gasteiger partial charge is 0.435 e. The summed E-state index contributed by atoms with van der Waals surface area (Å²) in [4.78, 5) is 23.3. The molecule has 4 aromatic heterocycles. The van der Waals surface area contributed by atoms with Crippen molar-refractivity contribution in [2.45, 2.75) is 41.4 Å². The van der Waals surface area contributed by atoms with Crippen LogP contribution < -0.4 is 10.0 Å². The van der Waals surface area contributed by atoms with Crippen molar-refractivity contribution >= 4 is 66.1 Å². The molecule has 292 valence electrons. The van der Waals surface area contributed by atoms with E-state index in [4.69, 9.17) is 4.98 Å². The fourth-order valence-electron chi connectivity index (χ4n) is 7.37. The van der Waals surface area contributed by atoms with Gasteiger partial charge in [0.25, 0.3) is 5.92 Å². The van der Waals surface area contributed by atoms with Crippen LogP contribution in [0.2, 0.25) is 0 Å². The maximum atomic E-state index is 15.6. The molecule has 0 saturated carbocycles. The highest BCUT2D eigenvalue weighted by molar-refractivity contribution is 8.00. The summed E-state index contributed by atoms with van der Waals surface area (Å²) < 4.78 is 132. The number of hydrogen-bond acceptors (Lipinski definition) is 9. The SMILES string of the molecule is CSc1nc2nc([C@H](Cc3cc(F)cc(F)c3)NC(=O)Cn3nc(C(F)(F)F)c4c3C(F)(F)[C@@H]3C=C[C@H]43)c(-c3cccc4c(NS(C)(=O)=O)nn(C)c34)cc2s1. The first-order chi connectivity index (χ1) is 26.3. The Hall–Kier alpha value is -5.02. The highest BCUT2D eigenvalue weighted by atomic mass is 32.2. The van der Waals surface area contributed by atoms with Crippen molar-refractivity contribution < 1.29 is 43.9 Å². The Morgan fingerprint density at radius 1 is 1.05 bits per heavy atom. The number of halogens is 7. The van der Waals surface area contributed by atoms with E-state index in [0.29, 0.717) is 41.8 Å². The molecule has 0 saturated heterocycles. The van der Waals surface area contributed by atoms with E-state index in [1.165, 1.54) is 33.9 Å². The van der Waals surface area contributed by atoms with Crippen molar-refractivity contribution in [3.8, 4) is 11.1 Å². The predicted molar refractivity (Wildman–Crippen MR) is 195 cm³/mol. The van der Waals surface area contributed by atoms with Crippen molar-refractivity contribution in [3.05, 3.63) is 94.5 Å². The zero-order valence-electron chi connectivity index (χ0n) is 29.1. The summed E-state index contributed by atoms with van der Waals surface area (Å²) >= 11 is 2.64. The average Bonchev–Trinajstić information content (AvgIpc) is 3.77. The zero-order chi connectivity index (χ0) is 40.1. The van der Waals surface area contributed by atoms with Crippen LogP contribution in [0.5, 0.6) is 0 Å². The number of aromatic nitrogens is 6. The number of rotatable bonds is 10. The van der Waals surface area contributed by atoms with Gasteiger partial charge in [0, 0.05) is 41.1 Å². The fourth-order valence-corrected chi connectivity index (χ4v) is 9.33. The minimum atomic E-state index is -5.09.